The molecule has 5 atom stereocenters. The third-order valence-electron chi connectivity index (χ3n) is 5.74. The highest BCUT2D eigenvalue weighted by atomic mass is 15.3. The summed E-state index contributed by atoms with van der Waals surface area (Å²) in [6.07, 6.45) is 6.09. The van der Waals surface area contributed by atoms with Crippen LogP contribution in [0, 0.1) is 23.7 Å². The highest BCUT2D eigenvalue weighted by molar-refractivity contribution is 5.18. The molecule has 0 radical (unpaired) electrons. The van der Waals surface area contributed by atoms with Crippen molar-refractivity contribution in [3.05, 3.63) is 0 Å². The first-order valence-corrected chi connectivity index (χ1v) is 6.80. The quantitative estimate of drug-likeness (QED) is 0.733. The molecule has 3 saturated carbocycles. The Labute approximate surface area is 92.4 Å². The SMILES string of the molecule is CNC1CCN(C2C3C4CCC(C4)C32)C1. The molecule has 0 amide bonds. The van der Waals surface area contributed by atoms with E-state index in [0.29, 0.717) is 0 Å². The summed E-state index contributed by atoms with van der Waals surface area (Å²) in [5.41, 5.74) is 0. The first-order valence-electron chi connectivity index (χ1n) is 6.80. The van der Waals surface area contributed by atoms with Crippen LogP contribution in [-0.4, -0.2) is 37.1 Å². The zero-order valence-corrected chi connectivity index (χ0v) is 9.65. The fourth-order valence-electron chi connectivity index (χ4n) is 5.06. The van der Waals surface area contributed by atoms with Crippen LogP contribution in [0.15, 0.2) is 0 Å². The van der Waals surface area contributed by atoms with E-state index in [9.17, 15) is 0 Å². The third-order valence-corrected chi connectivity index (χ3v) is 5.74. The molecule has 0 aromatic heterocycles. The van der Waals surface area contributed by atoms with Gasteiger partial charge in [-0.3, -0.25) is 4.90 Å². The molecule has 84 valence electrons. The van der Waals surface area contributed by atoms with Gasteiger partial charge in [0.1, 0.15) is 0 Å². The van der Waals surface area contributed by atoms with Gasteiger partial charge in [-0.05, 0) is 56.4 Å². The molecule has 15 heavy (non-hydrogen) atoms. The Morgan fingerprint density at radius 3 is 2.40 bits per heavy atom. The van der Waals surface area contributed by atoms with Crippen LogP contribution in [0.25, 0.3) is 0 Å². The number of hydrogen-bond acceptors (Lipinski definition) is 2. The Hall–Kier alpha value is -0.0800. The number of likely N-dealkylation sites (tertiary alicyclic amines) is 1. The van der Waals surface area contributed by atoms with Crippen molar-refractivity contribution in [2.45, 2.75) is 37.8 Å². The summed E-state index contributed by atoms with van der Waals surface area (Å²) >= 11 is 0. The largest absolute Gasteiger partial charge is 0.316 e. The van der Waals surface area contributed by atoms with Gasteiger partial charge in [0, 0.05) is 25.2 Å². The number of nitrogens with one attached hydrogen (secondary N) is 1. The van der Waals surface area contributed by atoms with E-state index >= 15 is 0 Å². The average molecular weight is 206 g/mol. The number of rotatable bonds is 2. The van der Waals surface area contributed by atoms with Gasteiger partial charge in [0.15, 0.2) is 0 Å². The Balaban J connectivity index is 1.45. The second-order valence-electron chi connectivity index (χ2n) is 6.25. The fraction of sp³-hybridized carbons (Fsp3) is 1.00. The summed E-state index contributed by atoms with van der Waals surface area (Å²) < 4.78 is 0. The lowest BCUT2D eigenvalue weighted by Gasteiger charge is -2.20. The van der Waals surface area contributed by atoms with E-state index in [-0.39, 0.29) is 0 Å². The predicted octanol–water partition coefficient (Wildman–Crippen LogP) is 1.32. The zero-order chi connectivity index (χ0) is 9.99. The van der Waals surface area contributed by atoms with E-state index < -0.39 is 0 Å². The molecule has 3 aliphatic carbocycles. The van der Waals surface area contributed by atoms with Crippen LogP contribution in [0.5, 0.6) is 0 Å². The Kier molecular flexibility index (Phi) is 1.79. The molecule has 4 fully saturated rings. The third kappa shape index (κ3) is 1.13. The summed E-state index contributed by atoms with van der Waals surface area (Å²) in [7, 11) is 2.12. The average Bonchev–Trinajstić information content (AvgIpc) is 2.72. The lowest BCUT2D eigenvalue weighted by molar-refractivity contribution is 0.261. The van der Waals surface area contributed by atoms with Crippen molar-refractivity contribution in [3.63, 3.8) is 0 Å². The maximum atomic E-state index is 3.44. The van der Waals surface area contributed by atoms with Gasteiger partial charge in [-0.2, -0.15) is 0 Å². The van der Waals surface area contributed by atoms with E-state index in [2.05, 4.69) is 17.3 Å². The summed E-state index contributed by atoms with van der Waals surface area (Å²) in [6.45, 7) is 2.69. The highest BCUT2D eigenvalue weighted by Gasteiger charge is 2.66. The van der Waals surface area contributed by atoms with Crippen molar-refractivity contribution in [3.8, 4) is 0 Å². The van der Waals surface area contributed by atoms with Gasteiger partial charge >= 0.3 is 0 Å². The van der Waals surface area contributed by atoms with Crippen LogP contribution in [-0.2, 0) is 0 Å². The monoisotopic (exact) mass is 206 g/mol. The van der Waals surface area contributed by atoms with Crippen molar-refractivity contribution in [1.82, 2.24) is 10.2 Å². The Morgan fingerprint density at radius 1 is 1.07 bits per heavy atom. The number of likely N-dealkylation sites (N-methyl/N-ethyl adjacent to an activating group) is 1. The molecule has 0 aromatic rings. The number of hydrogen-bond donors (Lipinski definition) is 1. The Morgan fingerprint density at radius 2 is 1.80 bits per heavy atom. The molecule has 1 N–H and O–H groups in total. The maximum Gasteiger partial charge on any atom is 0.0204 e. The fourth-order valence-corrected chi connectivity index (χ4v) is 5.06. The van der Waals surface area contributed by atoms with Gasteiger partial charge in [-0.15, -0.1) is 0 Å². The van der Waals surface area contributed by atoms with E-state index in [0.717, 1.165) is 35.8 Å². The molecule has 2 heteroatoms. The van der Waals surface area contributed by atoms with Crippen LogP contribution in [0.3, 0.4) is 0 Å². The molecule has 1 saturated heterocycles. The highest BCUT2D eigenvalue weighted by Crippen LogP contribution is 2.67. The van der Waals surface area contributed by atoms with Crippen molar-refractivity contribution in [2.24, 2.45) is 23.7 Å². The first kappa shape index (κ1) is 9.00. The van der Waals surface area contributed by atoms with E-state index in [1.807, 2.05) is 0 Å². The minimum atomic E-state index is 0.781. The first-order chi connectivity index (χ1) is 7.38. The standard InChI is InChI=1S/C13H22N2/c1-14-10-4-5-15(7-10)13-11-8-2-3-9(6-8)12(11)13/h8-14H,2-7H2,1H3. The van der Waals surface area contributed by atoms with E-state index in [1.54, 1.807) is 19.3 Å². The molecule has 4 rings (SSSR count). The normalized spacial score (nSPS) is 57.4. The smallest absolute Gasteiger partial charge is 0.0204 e. The molecular weight excluding hydrogens is 184 g/mol. The Bertz CT molecular complexity index is 262. The van der Waals surface area contributed by atoms with Crippen LogP contribution < -0.4 is 5.32 Å². The molecule has 1 heterocycles. The van der Waals surface area contributed by atoms with Gasteiger partial charge in [-0.25, -0.2) is 0 Å². The zero-order valence-electron chi connectivity index (χ0n) is 9.65. The van der Waals surface area contributed by atoms with Crippen LogP contribution in [0.1, 0.15) is 25.7 Å². The van der Waals surface area contributed by atoms with Gasteiger partial charge in [0.05, 0.1) is 0 Å². The minimum Gasteiger partial charge on any atom is -0.316 e. The van der Waals surface area contributed by atoms with Crippen molar-refractivity contribution in [1.29, 1.82) is 0 Å². The second-order valence-corrected chi connectivity index (χ2v) is 6.25. The second kappa shape index (κ2) is 2.98. The van der Waals surface area contributed by atoms with Crippen molar-refractivity contribution >= 4 is 0 Å². The topological polar surface area (TPSA) is 15.3 Å². The summed E-state index contributed by atoms with van der Waals surface area (Å²) in [5, 5.41) is 3.44. The molecular formula is C13H22N2. The van der Waals surface area contributed by atoms with Gasteiger partial charge < -0.3 is 5.32 Å². The van der Waals surface area contributed by atoms with Crippen molar-refractivity contribution in [2.75, 3.05) is 20.1 Å². The summed E-state index contributed by atoms with van der Waals surface area (Å²) in [4.78, 5) is 2.81. The predicted molar refractivity (Wildman–Crippen MR) is 60.6 cm³/mol. The van der Waals surface area contributed by atoms with Gasteiger partial charge in [-0.1, -0.05) is 0 Å². The molecule has 1 aliphatic heterocycles. The van der Waals surface area contributed by atoms with Crippen LogP contribution in [0.2, 0.25) is 0 Å². The minimum absolute atomic E-state index is 0.781. The molecule has 0 aromatic carbocycles. The molecule has 2 nitrogen and oxygen atoms in total. The van der Waals surface area contributed by atoms with Gasteiger partial charge in [0.25, 0.3) is 0 Å². The van der Waals surface area contributed by atoms with Crippen LogP contribution >= 0.6 is 0 Å². The van der Waals surface area contributed by atoms with E-state index in [1.165, 1.54) is 19.5 Å². The molecule has 0 spiro atoms. The van der Waals surface area contributed by atoms with Gasteiger partial charge in [0.2, 0.25) is 0 Å². The summed E-state index contributed by atoms with van der Waals surface area (Å²) in [6, 6.07) is 1.80. The molecule has 4 aliphatic rings. The summed E-state index contributed by atoms with van der Waals surface area (Å²) in [5.74, 6) is 4.55. The van der Waals surface area contributed by atoms with E-state index in [4.69, 9.17) is 0 Å². The van der Waals surface area contributed by atoms with Crippen LogP contribution in [0.4, 0.5) is 0 Å². The maximum absolute atomic E-state index is 3.44. The van der Waals surface area contributed by atoms with Crippen molar-refractivity contribution < 1.29 is 0 Å². The lowest BCUT2D eigenvalue weighted by Crippen LogP contribution is -2.33. The molecule has 2 bridgehead atoms. The number of nitrogens with zero attached hydrogens (tertiary/aromatic N) is 1. The lowest BCUT2D eigenvalue weighted by atomic mass is 10.0. The molecule has 5 unspecified atom stereocenters. The number of fused-ring (bicyclic) bond motifs is 5.